The van der Waals surface area contributed by atoms with Crippen molar-refractivity contribution in [2.75, 3.05) is 0 Å². The average molecular weight is 254 g/mol. The lowest BCUT2D eigenvalue weighted by atomic mass is 9.80. The van der Waals surface area contributed by atoms with E-state index in [9.17, 15) is 4.79 Å². The quantitative estimate of drug-likeness (QED) is 0.796. The van der Waals surface area contributed by atoms with Crippen LogP contribution < -0.4 is 11.1 Å². The average Bonchev–Trinajstić information content (AvgIpc) is 2.96. The van der Waals surface area contributed by atoms with Gasteiger partial charge in [-0.1, -0.05) is 0 Å². The predicted molar refractivity (Wildman–Crippen MR) is 71.3 cm³/mol. The highest BCUT2D eigenvalue weighted by Gasteiger charge is 2.51. The lowest BCUT2D eigenvalue weighted by Crippen LogP contribution is -2.46. The number of hydrogen-bond acceptors (Lipinski definition) is 3. The van der Waals surface area contributed by atoms with Crippen molar-refractivity contribution in [3.8, 4) is 0 Å². The molecule has 1 amide bonds. The molecule has 0 heterocycles. The molecule has 4 heteroatoms. The lowest BCUT2D eigenvalue weighted by molar-refractivity contribution is 0.0462. The molecule has 0 unspecified atom stereocenters. The summed E-state index contributed by atoms with van der Waals surface area (Å²) in [6.07, 6.45) is 6.35. The molecule has 2 fully saturated rings. The van der Waals surface area contributed by atoms with Crippen molar-refractivity contribution in [3.63, 3.8) is 0 Å². The van der Waals surface area contributed by atoms with Gasteiger partial charge in [-0.2, -0.15) is 0 Å². The van der Waals surface area contributed by atoms with E-state index in [1.807, 2.05) is 20.8 Å². The molecule has 0 aromatic rings. The molecule has 2 rings (SSSR count). The van der Waals surface area contributed by atoms with Gasteiger partial charge < -0.3 is 15.8 Å². The smallest absolute Gasteiger partial charge is 0.408 e. The minimum absolute atomic E-state index is 0.0163. The minimum Gasteiger partial charge on any atom is -0.444 e. The predicted octanol–water partition coefficient (Wildman–Crippen LogP) is 2.56. The fourth-order valence-corrected chi connectivity index (χ4v) is 2.95. The zero-order valence-electron chi connectivity index (χ0n) is 11.8. The number of nitrogens with two attached hydrogens (primary N) is 1. The number of rotatable bonds is 2. The highest BCUT2D eigenvalue weighted by Crippen LogP contribution is 2.48. The van der Waals surface area contributed by atoms with Gasteiger partial charge in [0.25, 0.3) is 0 Å². The van der Waals surface area contributed by atoms with Crippen LogP contribution in [0.2, 0.25) is 0 Å². The molecule has 2 saturated carbocycles. The van der Waals surface area contributed by atoms with Crippen LogP contribution in [-0.2, 0) is 4.74 Å². The maximum Gasteiger partial charge on any atom is 0.408 e. The van der Waals surface area contributed by atoms with Crippen LogP contribution in [0.4, 0.5) is 4.79 Å². The Morgan fingerprint density at radius 1 is 1.22 bits per heavy atom. The highest BCUT2D eigenvalue weighted by molar-refractivity contribution is 5.69. The Kier molecular flexibility index (Phi) is 3.58. The van der Waals surface area contributed by atoms with Crippen molar-refractivity contribution in [1.29, 1.82) is 0 Å². The summed E-state index contributed by atoms with van der Waals surface area (Å²) in [6.45, 7) is 5.68. The van der Waals surface area contributed by atoms with E-state index in [2.05, 4.69) is 5.32 Å². The van der Waals surface area contributed by atoms with Crippen molar-refractivity contribution in [1.82, 2.24) is 5.32 Å². The molecule has 0 saturated heterocycles. The topological polar surface area (TPSA) is 64.3 Å². The van der Waals surface area contributed by atoms with E-state index in [0.717, 1.165) is 38.5 Å². The molecule has 0 aromatic carbocycles. The van der Waals surface area contributed by atoms with E-state index >= 15 is 0 Å². The van der Waals surface area contributed by atoms with Crippen LogP contribution in [0.1, 0.15) is 59.3 Å². The second kappa shape index (κ2) is 4.72. The summed E-state index contributed by atoms with van der Waals surface area (Å²) in [6, 6.07) is 0.360. The summed E-state index contributed by atoms with van der Waals surface area (Å²) in [4.78, 5) is 11.9. The van der Waals surface area contributed by atoms with Crippen molar-refractivity contribution < 1.29 is 9.53 Å². The monoisotopic (exact) mass is 254 g/mol. The largest absolute Gasteiger partial charge is 0.444 e. The lowest BCUT2D eigenvalue weighted by Gasteiger charge is -2.34. The van der Waals surface area contributed by atoms with Gasteiger partial charge in [-0.3, -0.25) is 0 Å². The Labute approximate surface area is 110 Å². The number of carbonyl (C=O) groups is 1. The van der Waals surface area contributed by atoms with Crippen LogP contribution in [0, 0.1) is 5.92 Å². The van der Waals surface area contributed by atoms with Crippen molar-refractivity contribution in [2.45, 2.75) is 76.5 Å². The van der Waals surface area contributed by atoms with Gasteiger partial charge in [0.05, 0.1) is 0 Å². The van der Waals surface area contributed by atoms with Crippen molar-refractivity contribution >= 4 is 6.09 Å². The van der Waals surface area contributed by atoms with Gasteiger partial charge >= 0.3 is 6.09 Å². The number of nitrogens with one attached hydrogen (secondary N) is 1. The maximum atomic E-state index is 11.9. The molecular weight excluding hydrogens is 228 g/mol. The molecule has 18 heavy (non-hydrogen) atoms. The Morgan fingerprint density at radius 3 is 2.22 bits per heavy atom. The zero-order chi connectivity index (χ0) is 13.4. The Balaban J connectivity index is 1.86. The van der Waals surface area contributed by atoms with Gasteiger partial charge in [-0.15, -0.1) is 0 Å². The minimum atomic E-state index is -0.422. The summed E-state index contributed by atoms with van der Waals surface area (Å²) in [7, 11) is 0. The maximum absolute atomic E-state index is 11.9. The Bertz CT molecular complexity index is 310. The first-order valence-corrected chi connectivity index (χ1v) is 7.07. The second-order valence-electron chi connectivity index (χ2n) is 6.89. The fourth-order valence-electron chi connectivity index (χ4n) is 2.95. The van der Waals surface area contributed by atoms with E-state index in [1.165, 1.54) is 0 Å². The summed E-state index contributed by atoms with van der Waals surface area (Å²) < 4.78 is 5.35. The summed E-state index contributed by atoms with van der Waals surface area (Å²) in [5.74, 6) is 0.588. The van der Waals surface area contributed by atoms with Crippen LogP contribution in [0.3, 0.4) is 0 Å². The molecule has 104 valence electrons. The summed E-state index contributed by atoms with van der Waals surface area (Å²) >= 11 is 0. The molecular formula is C14H26N2O2. The molecule has 0 spiro atoms. The second-order valence-corrected chi connectivity index (χ2v) is 6.89. The van der Waals surface area contributed by atoms with Gasteiger partial charge in [-0.05, 0) is 65.2 Å². The number of ether oxygens (including phenoxy) is 1. The van der Waals surface area contributed by atoms with Gasteiger partial charge in [0.15, 0.2) is 0 Å². The van der Waals surface area contributed by atoms with Gasteiger partial charge in [0.1, 0.15) is 5.60 Å². The highest BCUT2D eigenvalue weighted by atomic mass is 16.6. The standard InChI is InChI=1S/C14H26N2O2/c1-13(2,3)18-12(17)16-14(8-9-14)10-4-6-11(15)7-5-10/h10-11H,4-9,15H2,1-3H3,(H,16,17). The van der Waals surface area contributed by atoms with E-state index < -0.39 is 5.60 Å². The summed E-state index contributed by atoms with van der Waals surface area (Å²) in [5.41, 5.74) is 5.53. The third-order valence-corrected chi connectivity index (χ3v) is 4.09. The van der Waals surface area contributed by atoms with E-state index in [4.69, 9.17) is 10.5 Å². The van der Waals surface area contributed by atoms with Crippen LogP contribution in [0.15, 0.2) is 0 Å². The van der Waals surface area contributed by atoms with Crippen LogP contribution >= 0.6 is 0 Å². The zero-order valence-corrected chi connectivity index (χ0v) is 11.8. The Hall–Kier alpha value is -0.770. The number of alkyl carbamates (subject to hydrolysis) is 1. The normalized spacial score (nSPS) is 30.7. The third-order valence-electron chi connectivity index (χ3n) is 4.09. The number of carbonyl (C=O) groups excluding carboxylic acids is 1. The first-order chi connectivity index (χ1) is 8.31. The molecule has 3 N–H and O–H groups in total. The van der Waals surface area contributed by atoms with E-state index in [1.54, 1.807) is 0 Å². The van der Waals surface area contributed by atoms with E-state index in [0.29, 0.717) is 12.0 Å². The fraction of sp³-hybridized carbons (Fsp3) is 0.929. The molecule has 0 bridgehead atoms. The number of hydrogen-bond donors (Lipinski definition) is 2. The molecule has 2 aliphatic carbocycles. The van der Waals surface area contributed by atoms with E-state index in [-0.39, 0.29) is 11.6 Å². The molecule has 0 radical (unpaired) electrons. The molecule has 0 aromatic heterocycles. The SMILES string of the molecule is CC(C)(C)OC(=O)NC1(C2CCC(N)CC2)CC1. The summed E-state index contributed by atoms with van der Waals surface area (Å²) in [5, 5.41) is 3.11. The molecule has 0 aliphatic heterocycles. The molecule has 4 nitrogen and oxygen atoms in total. The van der Waals surface area contributed by atoms with Gasteiger partial charge in [-0.25, -0.2) is 4.79 Å². The number of amides is 1. The van der Waals surface area contributed by atoms with Crippen LogP contribution in [-0.4, -0.2) is 23.3 Å². The first kappa shape index (κ1) is 13.7. The van der Waals surface area contributed by atoms with Gasteiger partial charge in [0, 0.05) is 11.6 Å². The molecule has 0 atom stereocenters. The van der Waals surface area contributed by atoms with Gasteiger partial charge in [0.2, 0.25) is 0 Å². The third kappa shape index (κ3) is 3.37. The van der Waals surface area contributed by atoms with Crippen LogP contribution in [0.25, 0.3) is 0 Å². The van der Waals surface area contributed by atoms with Crippen molar-refractivity contribution in [3.05, 3.63) is 0 Å². The first-order valence-electron chi connectivity index (χ1n) is 7.07. The van der Waals surface area contributed by atoms with Crippen LogP contribution in [0.5, 0.6) is 0 Å². The Morgan fingerprint density at radius 2 is 1.78 bits per heavy atom. The molecule has 2 aliphatic rings. The van der Waals surface area contributed by atoms with Crippen molar-refractivity contribution in [2.24, 2.45) is 11.7 Å².